The number of hydrogen-bond acceptors (Lipinski definition) is 7. The SMILES string of the molecule is CCCCC/C=C\C/C=C\CCCCCCCC(=O)OC[C@H]1O[C@@H](O[C@H]2CC[C@@]3(C)C(=CC[C@H]4[C@H]5CC[C@H]([C@H](C)/C=C/[C@@H](CC)C(C)C)[C@@]5(C)CC[C@@H]43)C2)[C@H](O)[C@@H](O)[C@@H]1O. The van der Waals surface area contributed by atoms with Crippen molar-refractivity contribution in [3.8, 4) is 0 Å². The van der Waals surface area contributed by atoms with Crippen LogP contribution >= 0.6 is 0 Å². The van der Waals surface area contributed by atoms with Gasteiger partial charge in [-0.3, -0.25) is 4.79 Å². The Balaban J connectivity index is 1.03. The van der Waals surface area contributed by atoms with Gasteiger partial charge in [-0.2, -0.15) is 0 Å². The molecular formula is C53H88O7. The number of aliphatic hydroxyl groups is 3. The Morgan fingerprint density at radius 1 is 0.833 bits per heavy atom. The molecular weight excluding hydrogens is 749 g/mol. The topological polar surface area (TPSA) is 105 Å². The summed E-state index contributed by atoms with van der Waals surface area (Å²) in [6, 6.07) is 0. The van der Waals surface area contributed by atoms with E-state index in [4.69, 9.17) is 14.2 Å². The highest BCUT2D eigenvalue weighted by Gasteiger charge is 2.59. The van der Waals surface area contributed by atoms with Gasteiger partial charge in [-0.1, -0.05) is 129 Å². The molecule has 3 N–H and O–H groups in total. The summed E-state index contributed by atoms with van der Waals surface area (Å²) in [5.41, 5.74) is 2.04. The third-order valence-corrected chi connectivity index (χ3v) is 16.5. The molecule has 1 aliphatic heterocycles. The van der Waals surface area contributed by atoms with E-state index < -0.39 is 30.7 Å². The van der Waals surface area contributed by atoms with Gasteiger partial charge in [0.25, 0.3) is 0 Å². The van der Waals surface area contributed by atoms with Gasteiger partial charge < -0.3 is 29.5 Å². The number of unbranched alkanes of at least 4 members (excludes halogenated alkanes) is 8. The molecule has 1 saturated heterocycles. The lowest BCUT2D eigenvalue weighted by molar-refractivity contribution is -0.313. The minimum atomic E-state index is -1.45. The second-order valence-corrected chi connectivity index (χ2v) is 20.7. The number of allylic oxidation sites excluding steroid dienone is 7. The molecule has 0 aromatic rings. The van der Waals surface area contributed by atoms with Crippen LogP contribution in [0.5, 0.6) is 0 Å². The molecule has 7 heteroatoms. The van der Waals surface area contributed by atoms with E-state index in [0.717, 1.165) is 88.4 Å². The molecule has 14 atom stereocenters. The first-order valence-electron chi connectivity index (χ1n) is 25.0. The zero-order valence-electron chi connectivity index (χ0n) is 39.1. The third-order valence-electron chi connectivity index (χ3n) is 16.5. The zero-order chi connectivity index (χ0) is 43.3. The number of carbonyl (C=O) groups excluding carboxylic acids is 1. The summed E-state index contributed by atoms with van der Waals surface area (Å²) in [6.07, 6.45) is 33.2. The summed E-state index contributed by atoms with van der Waals surface area (Å²) in [4.78, 5) is 12.6. The maximum atomic E-state index is 12.6. The number of carbonyl (C=O) groups is 1. The predicted molar refractivity (Wildman–Crippen MR) is 244 cm³/mol. The van der Waals surface area contributed by atoms with Gasteiger partial charge in [-0.05, 0) is 149 Å². The quantitative estimate of drug-likeness (QED) is 0.0535. The fourth-order valence-corrected chi connectivity index (χ4v) is 12.6. The van der Waals surface area contributed by atoms with Crippen LogP contribution < -0.4 is 0 Å². The number of fused-ring (bicyclic) bond motifs is 5. The highest BCUT2D eigenvalue weighted by Crippen LogP contribution is 2.67. The highest BCUT2D eigenvalue weighted by molar-refractivity contribution is 5.69. The van der Waals surface area contributed by atoms with Crippen LogP contribution in [0.3, 0.4) is 0 Å². The van der Waals surface area contributed by atoms with Gasteiger partial charge in [0.05, 0.1) is 6.10 Å². The van der Waals surface area contributed by atoms with Gasteiger partial charge in [0.15, 0.2) is 6.29 Å². The maximum absolute atomic E-state index is 12.6. The Bertz CT molecular complexity index is 1420. The second-order valence-electron chi connectivity index (χ2n) is 20.7. The number of ether oxygens (including phenoxy) is 3. The molecule has 4 fully saturated rings. The Kier molecular flexibility index (Phi) is 19.5. The standard InChI is InChI=1S/C53H88O7/c1-8-10-11-12-13-14-15-16-17-18-19-20-21-22-23-24-47(54)58-36-46-48(55)49(56)50(57)51(60-46)59-41-31-33-52(6)40(35-41)27-28-42-44-30-29-43(53(44,7)34-32-45(42)52)38(5)25-26-39(9-2)37(3)4/h13-14,16-17,25-27,37-39,41-46,48-51,55-57H,8-12,15,18-24,28-36H2,1-7H3/b14-13-,17-16-,26-25+/t38-,39-,41+,42+,43-,44-,45+,46-,48-,49+,50-,51-,52+,53-/m1/s1. The predicted octanol–water partition coefficient (Wildman–Crippen LogP) is 12.0. The van der Waals surface area contributed by atoms with Crippen molar-refractivity contribution in [2.75, 3.05) is 6.61 Å². The maximum Gasteiger partial charge on any atom is 0.305 e. The molecule has 0 aromatic carbocycles. The summed E-state index contributed by atoms with van der Waals surface area (Å²) >= 11 is 0. The van der Waals surface area contributed by atoms with Crippen LogP contribution in [-0.2, 0) is 19.0 Å². The summed E-state index contributed by atoms with van der Waals surface area (Å²) < 4.78 is 18.0. The monoisotopic (exact) mass is 837 g/mol. The lowest BCUT2D eigenvalue weighted by Gasteiger charge is -2.58. The summed E-state index contributed by atoms with van der Waals surface area (Å²) in [5, 5.41) is 32.5. The normalized spacial score (nSPS) is 36.7. The molecule has 7 nitrogen and oxygen atoms in total. The van der Waals surface area contributed by atoms with Crippen LogP contribution in [0.2, 0.25) is 0 Å². The number of esters is 1. The first kappa shape index (κ1) is 49.2. The average molecular weight is 837 g/mol. The van der Waals surface area contributed by atoms with E-state index in [1.807, 2.05) is 0 Å². The Morgan fingerprint density at radius 2 is 1.55 bits per heavy atom. The molecule has 4 aliphatic carbocycles. The van der Waals surface area contributed by atoms with Crippen molar-refractivity contribution in [3.05, 3.63) is 48.1 Å². The van der Waals surface area contributed by atoms with Crippen molar-refractivity contribution in [2.45, 2.75) is 220 Å². The molecule has 0 amide bonds. The molecule has 0 radical (unpaired) electrons. The van der Waals surface area contributed by atoms with E-state index in [1.165, 1.54) is 63.4 Å². The van der Waals surface area contributed by atoms with Crippen molar-refractivity contribution in [1.82, 2.24) is 0 Å². The molecule has 0 spiro atoms. The van der Waals surface area contributed by atoms with Crippen LogP contribution in [-0.4, -0.2) is 64.7 Å². The van der Waals surface area contributed by atoms with Crippen LogP contribution in [0.1, 0.15) is 183 Å². The van der Waals surface area contributed by atoms with Gasteiger partial charge in [0.1, 0.15) is 31.0 Å². The molecule has 0 bridgehead atoms. The molecule has 342 valence electrons. The number of rotatable bonds is 23. The fraction of sp³-hybridized carbons (Fsp3) is 0.830. The zero-order valence-corrected chi connectivity index (χ0v) is 39.1. The lowest BCUT2D eigenvalue weighted by Crippen LogP contribution is -2.60. The van der Waals surface area contributed by atoms with E-state index in [-0.39, 0.29) is 24.1 Å². The van der Waals surface area contributed by atoms with Gasteiger partial charge in [0, 0.05) is 6.42 Å². The van der Waals surface area contributed by atoms with E-state index in [0.29, 0.717) is 35.5 Å². The van der Waals surface area contributed by atoms with E-state index in [1.54, 1.807) is 0 Å². The molecule has 0 unspecified atom stereocenters. The fourth-order valence-electron chi connectivity index (χ4n) is 12.6. The summed E-state index contributed by atoms with van der Waals surface area (Å²) in [6.45, 7) is 16.7. The number of hydrogen-bond donors (Lipinski definition) is 3. The molecule has 1 heterocycles. The highest BCUT2D eigenvalue weighted by atomic mass is 16.7. The molecule has 5 rings (SSSR count). The summed E-state index contributed by atoms with van der Waals surface area (Å²) in [7, 11) is 0. The Morgan fingerprint density at radius 3 is 2.27 bits per heavy atom. The van der Waals surface area contributed by atoms with Gasteiger partial charge in [-0.25, -0.2) is 0 Å². The van der Waals surface area contributed by atoms with Crippen LogP contribution in [0.25, 0.3) is 0 Å². The van der Waals surface area contributed by atoms with Crippen molar-refractivity contribution >= 4 is 5.97 Å². The third kappa shape index (κ3) is 12.5. The van der Waals surface area contributed by atoms with Gasteiger partial charge in [0.2, 0.25) is 0 Å². The Labute approximate surface area is 366 Å². The van der Waals surface area contributed by atoms with Crippen LogP contribution in [0.15, 0.2) is 48.1 Å². The second kappa shape index (κ2) is 23.8. The Hall–Kier alpha value is -1.77. The van der Waals surface area contributed by atoms with Crippen LogP contribution in [0.4, 0.5) is 0 Å². The average Bonchev–Trinajstić information content (AvgIpc) is 3.59. The van der Waals surface area contributed by atoms with Gasteiger partial charge >= 0.3 is 5.97 Å². The van der Waals surface area contributed by atoms with E-state index >= 15 is 0 Å². The minimum absolute atomic E-state index is 0.153. The van der Waals surface area contributed by atoms with E-state index in [2.05, 4.69) is 91.0 Å². The molecule has 5 aliphatic rings. The lowest BCUT2D eigenvalue weighted by atomic mass is 9.47. The van der Waals surface area contributed by atoms with Crippen molar-refractivity contribution in [2.24, 2.45) is 52.3 Å². The van der Waals surface area contributed by atoms with Crippen molar-refractivity contribution < 1.29 is 34.3 Å². The molecule has 0 aromatic heterocycles. The first-order valence-corrected chi connectivity index (χ1v) is 25.0. The molecule has 3 saturated carbocycles. The first-order chi connectivity index (χ1) is 28.8. The van der Waals surface area contributed by atoms with E-state index in [9.17, 15) is 20.1 Å². The largest absolute Gasteiger partial charge is 0.463 e. The van der Waals surface area contributed by atoms with Crippen LogP contribution in [0, 0.1) is 52.3 Å². The smallest absolute Gasteiger partial charge is 0.305 e. The summed E-state index contributed by atoms with van der Waals surface area (Å²) in [5.74, 6) is 4.58. The van der Waals surface area contributed by atoms with Gasteiger partial charge in [-0.15, -0.1) is 0 Å². The van der Waals surface area contributed by atoms with Crippen molar-refractivity contribution in [3.63, 3.8) is 0 Å². The minimum Gasteiger partial charge on any atom is -0.463 e. The number of aliphatic hydroxyl groups excluding tert-OH is 3. The van der Waals surface area contributed by atoms with Crippen molar-refractivity contribution in [1.29, 1.82) is 0 Å². The molecule has 60 heavy (non-hydrogen) atoms.